The van der Waals surface area contributed by atoms with Crippen LogP contribution in [0.25, 0.3) is 0 Å². The van der Waals surface area contributed by atoms with Crippen LogP contribution in [0.4, 0.5) is 0 Å². The van der Waals surface area contributed by atoms with Crippen molar-refractivity contribution in [1.82, 2.24) is 0 Å². The van der Waals surface area contributed by atoms with Crippen molar-refractivity contribution in [2.24, 2.45) is 5.92 Å². The lowest BCUT2D eigenvalue weighted by Crippen LogP contribution is -2.20. The molecule has 0 aromatic heterocycles. The van der Waals surface area contributed by atoms with Crippen LogP contribution in [0.5, 0.6) is 0 Å². The van der Waals surface area contributed by atoms with E-state index in [1.165, 1.54) is 6.42 Å². The summed E-state index contributed by atoms with van der Waals surface area (Å²) in [4.78, 5) is 11.4. The summed E-state index contributed by atoms with van der Waals surface area (Å²) in [5, 5.41) is 0. The molecule has 0 bridgehead atoms. The van der Waals surface area contributed by atoms with Gasteiger partial charge in [0.25, 0.3) is 0 Å². The van der Waals surface area contributed by atoms with E-state index in [9.17, 15) is 4.79 Å². The fourth-order valence-electron chi connectivity index (χ4n) is 1.33. The van der Waals surface area contributed by atoms with Crippen LogP contribution < -0.4 is 0 Å². The van der Waals surface area contributed by atoms with Gasteiger partial charge in [-0.1, -0.05) is 46.3 Å². The van der Waals surface area contributed by atoms with Gasteiger partial charge in [0.1, 0.15) is 6.10 Å². The first-order valence-corrected chi connectivity index (χ1v) is 6.47. The zero-order valence-corrected chi connectivity index (χ0v) is 11.2. The molecule has 0 saturated heterocycles. The van der Waals surface area contributed by atoms with Crippen LogP contribution >= 0.6 is 0 Å². The van der Waals surface area contributed by atoms with E-state index < -0.39 is 0 Å². The molecule has 16 heavy (non-hydrogen) atoms. The lowest BCUT2D eigenvalue weighted by molar-refractivity contribution is -0.153. The van der Waals surface area contributed by atoms with Gasteiger partial charge in [-0.3, -0.25) is 4.79 Å². The van der Waals surface area contributed by atoms with Crippen molar-refractivity contribution in [3.63, 3.8) is 0 Å². The van der Waals surface area contributed by atoms with Gasteiger partial charge in [-0.15, -0.1) is 0 Å². The standard InChI is InChI=1S/C14H26O2/c1-5-7-8-9-10-11-13(6-2)16-14(15)12(3)4/h8-9,12-13H,5-7,10-11H2,1-4H3. The number of unbranched alkanes of at least 4 members (excludes halogenated alkanes) is 1. The molecule has 0 aromatic rings. The molecule has 0 aliphatic carbocycles. The topological polar surface area (TPSA) is 26.3 Å². The van der Waals surface area contributed by atoms with Gasteiger partial charge in [0.2, 0.25) is 0 Å². The number of ether oxygens (including phenoxy) is 1. The highest BCUT2D eigenvalue weighted by Gasteiger charge is 2.14. The normalized spacial score (nSPS) is 13.3. The van der Waals surface area contributed by atoms with E-state index in [1.54, 1.807) is 0 Å². The van der Waals surface area contributed by atoms with Crippen molar-refractivity contribution in [1.29, 1.82) is 0 Å². The average molecular weight is 226 g/mol. The highest BCUT2D eigenvalue weighted by Crippen LogP contribution is 2.10. The number of hydrogen-bond donors (Lipinski definition) is 0. The number of carbonyl (C=O) groups excluding carboxylic acids is 1. The predicted molar refractivity (Wildman–Crippen MR) is 68.3 cm³/mol. The molecule has 94 valence electrons. The molecule has 0 heterocycles. The molecule has 0 rings (SSSR count). The Bertz CT molecular complexity index is 207. The molecule has 2 nitrogen and oxygen atoms in total. The van der Waals surface area contributed by atoms with Gasteiger partial charge < -0.3 is 4.74 Å². The van der Waals surface area contributed by atoms with Crippen LogP contribution in [0.1, 0.15) is 59.8 Å². The van der Waals surface area contributed by atoms with Crippen LogP contribution in [0.2, 0.25) is 0 Å². The zero-order valence-electron chi connectivity index (χ0n) is 11.2. The van der Waals surface area contributed by atoms with Crippen molar-refractivity contribution in [3.05, 3.63) is 12.2 Å². The van der Waals surface area contributed by atoms with E-state index >= 15 is 0 Å². The monoisotopic (exact) mass is 226 g/mol. The second-order valence-corrected chi connectivity index (χ2v) is 4.46. The quantitative estimate of drug-likeness (QED) is 0.460. The summed E-state index contributed by atoms with van der Waals surface area (Å²) in [6.45, 7) is 7.98. The Morgan fingerprint density at radius 2 is 1.81 bits per heavy atom. The summed E-state index contributed by atoms with van der Waals surface area (Å²) in [5.74, 6) is -0.103. The first-order valence-electron chi connectivity index (χ1n) is 6.47. The Balaban J connectivity index is 3.79. The molecule has 1 atom stereocenters. The van der Waals surface area contributed by atoms with E-state index in [2.05, 4.69) is 26.0 Å². The maximum atomic E-state index is 11.4. The minimum atomic E-state index is -0.0793. The van der Waals surface area contributed by atoms with Gasteiger partial charge in [-0.25, -0.2) is 0 Å². The molecule has 0 aromatic carbocycles. The van der Waals surface area contributed by atoms with Gasteiger partial charge in [0, 0.05) is 0 Å². The Kier molecular flexibility index (Phi) is 8.97. The molecular formula is C14H26O2. The number of esters is 1. The van der Waals surface area contributed by atoms with Crippen LogP contribution in [0.3, 0.4) is 0 Å². The number of rotatable bonds is 8. The Labute approximate surface area is 100 Å². The SMILES string of the molecule is CCCC=CCCC(CC)OC(=O)C(C)C. The van der Waals surface area contributed by atoms with Crippen molar-refractivity contribution >= 4 is 5.97 Å². The Morgan fingerprint density at radius 1 is 1.19 bits per heavy atom. The number of allylic oxidation sites excluding steroid dienone is 2. The smallest absolute Gasteiger partial charge is 0.308 e. The van der Waals surface area contributed by atoms with Crippen molar-refractivity contribution < 1.29 is 9.53 Å². The zero-order chi connectivity index (χ0) is 12.4. The molecule has 1 unspecified atom stereocenters. The van der Waals surface area contributed by atoms with Crippen molar-refractivity contribution in [2.75, 3.05) is 0 Å². The maximum Gasteiger partial charge on any atom is 0.308 e. The summed E-state index contributed by atoms with van der Waals surface area (Å²) in [6.07, 6.45) is 9.66. The largest absolute Gasteiger partial charge is 0.462 e. The highest BCUT2D eigenvalue weighted by atomic mass is 16.5. The molecule has 0 saturated carbocycles. The van der Waals surface area contributed by atoms with Gasteiger partial charge in [0.05, 0.1) is 5.92 Å². The first-order chi connectivity index (χ1) is 7.61. The van der Waals surface area contributed by atoms with Crippen LogP contribution in [0.15, 0.2) is 12.2 Å². The molecule has 0 fully saturated rings. The second-order valence-electron chi connectivity index (χ2n) is 4.46. The molecule has 0 N–H and O–H groups in total. The molecule has 0 amide bonds. The summed E-state index contributed by atoms with van der Waals surface area (Å²) in [6, 6.07) is 0. The van der Waals surface area contributed by atoms with Gasteiger partial charge in [-0.05, 0) is 25.7 Å². The molecule has 0 radical (unpaired) electrons. The fourth-order valence-corrected chi connectivity index (χ4v) is 1.33. The van der Waals surface area contributed by atoms with Gasteiger partial charge >= 0.3 is 5.97 Å². The van der Waals surface area contributed by atoms with E-state index in [1.807, 2.05) is 13.8 Å². The van der Waals surface area contributed by atoms with Crippen LogP contribution in [-0.4, -0.2) is 12.1 Å². The summed E-state index contributed by atoms with van der Waals surface area (Å²) in [5.41, 5.74) is 0. The fraction of sp³-hybridized carbons (Fsp3) is 0.786. The van der Waals surface area contributed by atoms with Gasteiger partial charge in [-0.2, -0.15) is 0 Å². The number of hydrogen-bond acceptors (Lipinski definition) is 2. The van der Waals surface area contributed by atoms with Crippen molar-refractivity contribution in [2.45, 2.75) is 65.9 Å². The third-order valence-electron chi connectivity index (χ3n) is 2.49. The average Bonchev–Trinajstić information content (AvgIpc) is 2.26. The third kappa shape index (κ3) is 7.49. The molecule has 0 aliphatic rings. The van der Waals surface area contributed by atoms with E-state index in [4.69, 9.17) is 4.74 Å². The van der Waals surface area contributed by atoms with Crippen molar-refractivity contribution in [3.8, 4) is 0 Å². The minimum absolute atomic E-state index is 0.0234. The van der Waals surface area contributed by atoms with E-state index in [0.29, 0.717) is 0 Å². The summed E-state index contributed by atoms with van der Waals surface area (Å²) >= 11 is 0. The number of carbonyl (C=O) groups is 1. The van der Waals surface area contributed by atoms with Gasteiger partial charge in [0.15, 0.2) is 0 Å². The lowest BCUT2D eigenvalue weighted by atomic mass is 10.1. The highest BCUT2D eigenvalue weighted by molar-refractivity contribution is 5.71. The summed E-state index contributed by atoms with van der Waals surface area (Å²) < 4.78 is 5.39. The Morgan fingerprint density at radius 3 is 2.31 bits per heavy atom. The Hall–Kier alpha value is -0.790. The molecule has 0 spiro atoms. The maximum absolute atomic E-state index is 11.4. The third-order valence-corrected chi connectivity index (χ3v) is 2.49. The minimum Gasteiger partial charge on any atom is -0.462 e. The van der Waals surface area contributed by atoms with Crippen LogP contribution in [0, 0.1) is 5.92 Å². The summed E-state index contributed by atoms with van der Waals surface area (Å²) in [7, 11) is 0. The van der Waals surface area contributed by atoms with Crippen LogP contribution in [-0.2, 0) is 9.53 Å². The van der Waals surface area contributed by atoms with E-state index in [-0.39, 0.29) is 18.0 Å². The predicted octanol–water partition coefficient (Wildman–Crippen LogP) is 4.10. The molecule has 2 heteroatoms. The molecular weight excluding hydrogens is 200 g/mol. The van der Waals surface area contributed by atoms with E-state index in [0.717, 1.165) is 25.7 Å². The lowest BCUT2D eigenvalue weighted by Gasteiger charge is -2.16. The second kappa shape index (κ2) is 9.44. The molecule has 0 aliphatic heterocycles. The first kappa shape index (κ1) is 15.2.